The number of hydrogen-bond donors (Lipinski definition) is 1. The lowest BCUT2D eigenvalue weighted by Crippen LogP contribution is -2.11. The Bertz CT molecular complexity index is 1440. The molecule has 4 nitrogen and oxygen atoms in total. The number of rotatable bonds is 4. The number of H-pyrrole nitrogens is 1. The van der Waals surface area contributed by atoms with Crippen molar-refractivity contribution in [1.82, 2.24) is 8.96 Å². The monoisotopic (exact) mass is 400 g/mol. The second-order valence-corrected chi connectivity index (χ2v) is 9.14. The molecule has 3 aromatic carbocycles. The van der Waals surface area contributed by atoms with Gasteiger partial charge in [0.25, 0.3) is 10.0 Å². The number of para-hydroxylation sites is 2. The fraction of sp³-hybridized carbons (Fsp3) is 0.0833. The zero-order valence-corrected chi connectivity index (χ0v) is 16.8. The van der Waals surface area contributed by atoms with E-state index in [0.29, 0.717) is 16.8 Å². The highest BCUT2D eigenvalue weighted by Gasteiger charge is 2.21. The Hall–Kier alpha value is -3.31. The first-order chi connectivity index (χ1) is 14.0. The van der Waals surface area contributed by atoms with Gasteiger partial charge in [0.05, 0.1) is 10.4 Å². The van der Waals surface area contributed by atoms with Gasteiger partial charge in [0.2, 0.25) is 0 Å². The minimum absolute atomic E-state index is 0.294. The highest BCUT2D eigenvalue weighted by molar-refractivity contribution is 7.90. The van der Waals surface area contributed by atoms with Crippen LogP contribution in [0.15, 0.2) is 90.1 Å². The van der Waals surface area contributed by atoms with Crippen molar-refractivity contribution in [3.05, 3.63) is 102 Å². The van der Waals surface area contributed by atoms with Gasteiger partial charge in [-0.25, -0.2) is 12.4 Å². The Balaban J connectivity index is 1.66. The molecular formula is C24H20N2O2S. The number of aryl methyl sites for hydroxylation is 1. The molecule has 0 unspecified atom stereocenters. The van der Waals surface area contributed by atoms with E-state index in [0.717, 1.165) is 33.0 Å². The van der Waals surface area contributed by atoms with Gasteiger partial charge in [-0.2, -0.15) is 0 Å². The van der Waals surface area contributed by atoms with E-state index in [2.05, 4.69) is 11.1 Å². The fourth-order valence-electron chi connectivity index (χ4n) is 3.86. The third-order valence-corrected chi connectivity index (χ3v) is 7.08. The van der Waals surface area contributed by atoms with Gasteiger partial charge in [-0.05, 0) is 42.3 Å². The summed E-state index contributed by atoms with van der Waals surface area (Å²) < 4.78 is 28.1. The number of nitrogens with zero attached hydrogens (tertiary/aromatic N) is 1. The van der Waals surface area contributed by atoms with Crippen LogP contribution in [-0.4, -0.2) is 17.4 Å². The topological polar surface area (TPSA) is 54.9 Å². The van der Waals surface area contributed by atoms with Gasteiger partial charge >= 0.3 is 0 Å². The van der Waals surface area contributed by atoms with E-state index in [1.54, 1.807) is 18.3 Å². The van der Waals surface area contributed by atoms with Gasteiger partial charge in [-0.3, -0.25) is 0 Å². The molecule has 0 aliphatic carbocycles. The number of fused-ring (bicyclic) bond motifs is 2. The summed E-state index contributed by atoms with van der Waals surface area (Å²) in [6, 6.07) is 22.8. The van der Waals surface area contributed by atoms with E-state index in [1.807, 2.05) is 67.7 Å². The second kappa shape index (κ2) is 6.64. The molecule has 0 aliphatic heterocycles. The molecule has 0 bridgehead atoms. The summed E-state index contributed by atoms with van der Waals surface area (Å²) in [5.41, 5.74) is 4.94. The number of aromatic amines is 1. The Kier molecular flexibility index (Phi) is 4.07. The van der Waals surface area contributed by atoms with Gasteiger partial charge in [0.15, 0.2) is 0 Å². The van der Waals surface area contributed by atoms with Crippen LogP contribution in [0.25, 0.3) is 21.8 Å². The van der Waals surface area contributed by atoms with Crippen LogP contribution in [-0.2, 0) is 16.4 Å². The lowest BCUT2D eigenvalue weighted by atomic mass is 10.0. The van der Waals surface area contributed by atoms with Crippen LogP contribution in [0, 0.1) is 6.92 Å². The minimum atomic E-state index is -3.67. The molecule has 0 aliphatic rings. The molecule has 0 saturated heterocycles. The average Bonchev–Trinajstić information content (AvgIpc) is 3.31. The van der Waals surface area contributed by atoms with Crippen molar-refractivity contribution in [2.45, 2.75) is 18.2 Å². The lowest BCUT2D eigenvalue weighted by Gasteiger charge is -2.07. The Morgan fingerprint density at radius 2 is 1.52 bits per heavy atom. The summed E-state index contributed by atoms with van der Waals surface area (Å²) in [5, 5.41) is 2.11. The predicted molar refractivity (Wildman–Crippen MR) is 117 cm³/mol. The van der Waals surface area contributed by atoms with Crippen LogP contribution in [0.4, 0.5) is 0 Å². The molecule has 1 N–H and O–H groups in total. The third-order valence-electron chi connectivity index (χ3n) is 5.39. The van der Waals surface area contributed by atoms with Gasteiger partial charge in [-0.15, -0.1) is 0 Å². The van der Waals surface area contributed by atoms with Crippen molar-refractivity contribution >= 4 is 31.8 Å². The van der Waals surface area contributed by atoms with Crippen molar-refractivity contribution < 1.29 is 8.42 Å². The van der Waals surface area contributed by atoms with E-state index in [4.69, 9.17) is 0 Å². The predicted octanol–water partition coefficient (Wildman–Crippen LogP) is 5.26. The van der Waals surface area contributed by atoms with E-state index >= 15 is 0 Å². The van der Waals surface area contributed by atoms with E-state index in [1.165, 1.54) is 3.97 Å². The van der Waals surface area contributed by atoms with Crippen molar-refractivity contribution in [1.29, 1.82) is 0 Å². The Morgan fingerprint density at radius 3 is 2.31 bits per heavy atom. The Morgan fingerprint density at radius 1 is 0.828 bits per heavy atom. The van der Waals surface area contributed by atoms with Crippen LogP contribution in [0.5, 0.6) is 0 Å². The van der Waals surface area contributed by atoms with Crippen LogP contribution in [0.3, 0.4) is 0 Å². The maximum atomic E-state index is 13.3. The van der Waals surface area contributed by atoms with Crippen molar-refractivity contribution in [3.8, 4) is 0 Å². The number of hydrogen-bond acceptors (Lipinski definition) is 2. The molecule has 2 heterocycles. The molecule has 5 rings (SSSR count). The van der Waals surface area contributed by atoms with Crippen LogP contribution >= 0.6 is 0 Å². The summed E-state index contributed by atoms with van der Waals surface area (Å²) >= 11 is 0. The van der Waals surface area contributed by atoms with Gasteiger partial charge in [-0.1, -0.05) is 54.1 Å². The molecular weight excluding hydrogens is 380 g/mol. The first kappa shape index (κ1) is 17.8. The number of nitrogens with one attached hydrogen (secondary N) is 1. The third kappa shape index (κ3) is 2.95. The van der Waals surface area contributed by atoms with Crippen molar-refractivity contribution in [2.75, 3.05) is 0 Å². The molecule has 0 fully saturated rings. The lowest BCUT2D eigenvalue weighted by molar-refractivity contribution is 0.589. The summed E-state index contributed by atoms with van der Waals surface area (Å²) in [6.07, 6.45) is 4.42. The van der Waals surface area contributed by atoms with E-state index in [9.17, 15) is 8.42 Å². The molecule has 0 amide bonds. The van der Waals surface area contributed by atoms with Gasteiger partial charge in [0.1, 0.15) is 0 Å². The molecule has 2 aromatic heterocycles. The molecule has 0 atom stereocenters. The summed E-state index contributed by atoms with van der Waals surface area (Å²) in [5.74, 6) is 0. The van der Waals surface area contributed by atoms with Crippen LogP contribution < -0.4 is 0 Å². The molecule has 0 spiro atoms. The van der Waals surface area contributed by atoms with Gasteiger partial charge < -0.3 is 4.98 Å². The normalized spacial score (nSPS) is 12.0. The first-order valence-electron chi connectivity index (χ1n) is 9.50. The minimum Gasteiger partial charge on any atom is -0.361 e. The van der Waals surface area contributed by atoms with Crippen LogP contribution in [0.1, 0.15) is 16.7 Å². The Labute approximate surface area is 169 Å². The number of aromatic nitrogens is 2. The fourth-order valence-corrected chi connectivity index (χ4v) is 5.26. The quantitative estimate of drug-likeness (QED) is 0.447. The largest absolute Gasteiger partial charge is 0.361 e. The number of benzene rings is 3. The summed E-state index contributed by atoms with van der Waals surface area (Å²) in [6.45, 7) is 1.95. The summed E-state index contributed by atoms with van der Waals surface area (Å²) in [7, 11) is -3.67. The smallest absolute Gasteiger partial charge is 0.268 e. The van der Waals surface area contributed by atoms with Crippen molar-refractivity contribution in [3.63, 3.8) is 0 Å². The molecule has 5 heteroatoms. The molecule has 0 saturated carbocycles. The van der Waals surface area contributed by atoms with Gasteiger partial charge in [0, 0.05) is 35.1 Å². The first-order valence-corrected chi connectivity index (χ1v) is 10.9. The zero-order chi connectivity index (χ0) is 20.0. The highest BCUT2D eigenvalue weighted by atomic mass is 32.2. The molecule has 144 valence electrons. The SMILES string of the molecule is Cc1ccc(S(=O)(=O)n2cc(Cc3c[nH]c4ccccc34)c3ccccc32)cc1. The highest BCUT2D eigenvalue weighted by Crippen LogP contribution is 2.29. The molecule has 29 heavy (non-hydrogen) atoms. The maximum absolute atomic E-state index is 13.3. The van der Waals surface area contributed by atoms with E-state index in [-0.39, 0.29) is 0 Å². The molecule has 5 aromatic rings. The van der Waals surface area contributed by atoms with Crippen LogP contribution in [0.2, 0.25) is 0 Å². The average molecular weight is 401 g/mol. The maximum Gasteiger partial charge on any atom is 0.268 e. The van der Waals surface area contributed by atoms with E-state index < -0.39 is 10.0 Å². The summed E-state index contributed by atoms with van der Waals surface area (Å²) in [4.78, 5) is 3.59. The second-order valence-electron chi connectivity index (χ2n) is 7.32. The standard InChI is InChI=1S/C24H20N2O2S/c1-17-10-12-20(13-11-17)29(27,28)26-16-19(22-7-3-5-9-24(22)26)14-18-15-25-23-8-4-2-6-21(18)23/h2-13,15-16,25H,14H2,1H3. The zero-order valence-electron chi connectivity index (χ0n) is 16.0. The van der Waals surface area contributed by atoms with Crippen molar-refractivity contribution in [2.24, 2.45) is 0 Å². The molecule has 0 radical (unpaired) electrons.